The Balaban J connectivity index is 2.21. The van der Waals surface area contributed by atoms with Gasteiger partial charge in [0.05, 0.1) is 13.2 Å². The molecule has 0 bridgehead atoms. The Kier molecular flexibility index (Phi) is 2.77. The van der Waals surface area contributed by atoms with Gasteiger partial charge in [-0.05, 0) is 24.5 Å². The van der Waals surface area contributed by atoms with Gasteiger partial charge in [-0.2, -0.15) is 0 Å². The van der Waals surface area contributed by atoms with Crippen molar-refractivity contribution in [2.24, 2.45) is 0 Å². The number of hydrogen-bond donors (Lipinski definition) is 1. The molecule has 0 amide bonds. The second-order valence-corrected chi connectivity index (χ2v) is 3.78. The van der Waals surface area contributed by atoms with Crippen LogP contribution in [-0.2, 0) is 22.3 Å². The van der Waals surface area contributed by atoms with Crippen LogP contribution in [0.5, 0.6) is 0 Å². The number of rotatable bonds is 2. The zero-order valence-electron chi connectivity index (χ0n) is 9.00. The minimum atomic E-state index is -0.307. The van der Waals surface area contributed by atoms with Crippen molar-refractivity contribution >= 4 is 5.97 Å². The van der Waals surface area contributed by atoms with Crippen LogP contribution in [0.25, 0.3) is 0 Å². The molecule has 0 saturated heterocycles. The highest BCUT2D eigenvalue weighted by Crippen LogP contribution is 2.23. The van der Waals surface area contributed by atoms with Crippen LogP contribution in [0.2, 0.25) is 0 Å². The summed E-state index contributed by atoms with van der Waals surface area (Å²) in [6.45, 7) is 0. The fraction of sp³-hybridized carbons (Fsp3) is 0.545. The van der Waals surface area contributed by atoms with Gasteiger partial charge in [0.25, 0.3) is 0 Å². The number of methoxy groups -OCH3 is 2. The van der Waals surface area contributed by atoms with E-state index in [1.165, 1.54) is 12.7 Å². The first-order valence-corrected chi connectivity index (χ1v) is 5.06. The van der Waals surface area contributed by atoms with Crippen molar-refractivity contribution in [2.45, 2.75) is 25.4 Å². The zero-order valence-corrected chi connectivity index (χ0v) is 9.00. The van der Waals surface area contributed by atoms with Gasteiger partial charge >= 0.3 is 5.97 Å². The predicted molar refractivity (Wildman–Crippen MR) is 55.0 cm³/mol. The Morgan fingerprint density at radius 1 is 1.53 bits per heavy atom. The van der Waals surface area contributed by atoms with Gasteiger partial charge in [-0.1, -0.05) is 0 Å². The Morgan fingerprint density at radius 3 is 3.00 bits per heavy atom. The van der Waals surface area contributed by atoms with E-state index in [1.54, 1.807) is 7.11 Å². The van der Waals surface area contributed by atoms with Crippen LogP contribution in [0.15, 0.2) is 6.07 Å². The van der Waals surface area contributed by atoms with Crippen LogP contribution in [-0.4, -0.2) is 31.3 Å². The lowest BCUT2D eigenvalue weighted by atomic mass is 9.95. The first-order chi connectivity index (χ1) is 7.24. The maximum absolute atomic E-state index is 11.3. The topological polar surface area (TPSA) is 51.3 Å². The van der Waals surface area contributed by atoms with Crippen molar-refractivity contribution in [1.29, 1.82) is 0 Å². The standard InChI is InChI=1S/C11H15NO3/c1-14-8-4-3-7-5-10(11(13)15-2)12-9(7)6-8/h5,8,12H,3-4,6H2,1-2H3. The van der Waals surface area contributed by atoms with E-state index in [4.69, 9.17) is 4.74 Å². The molecule has 15 heavy (non-hydrogen) atoms. The van der Waals surface area contributed by atoms with Gasteiger partial charge in [0.15, 0.2) is 0 Å². The van der Waals surface area contributed by atoms with Crippen LogP contribution in [0.3, 0.4) is 0 Å². The molecule has 1 aliphatic rings. The highest BCUT2D eigenvalue weighted by Gasteiger charge is 2.22. The maximum atomic E-state index is 11.3. The molecule has 2 rings (SSSR count). The number of hydrogen-bond acceptors (Lipinski definition) is 3. The third kappa shape index (κ3) is 1.90. The molecule has 0 aliphatic heterocycles. The SMILES string of the molecule is COC(=O)c1cc2c([nH]1)CC(OC)CC2. The Morgan fingerprint density at radius 2 is 2.33 bits per heavy atom. The smallest absolute Gasteiger partial charge is 0.354 e. The molecule has 0 spiro atoms. The summed E-state index contributed by atoms with van der Waals surface area (Å²) in [5.74, 6) is -0.307. The second kappa shape index (κ2) is 4.06. The molecule has 1 aliphatic carbocycles. The first kappa shape index (κ1) is 10.2. The number of aromatic nitrogens is 1. The summed E-state index contributed by atoms with van der Waals surface area (Å²) in [7, 11) is 3.11. The summed E-state index contributed by atoms with van der Waals surface area (Å²) in [6, 6.07) is 1.88. The van der Waals surface area contributed by atoms with Crippen molar-refractivity contribution in [2.75, 3.05) is 14.2 Å². The van der Waals surface area contributed by atoms with Crippen molar-refractivity contribution in [1.82, 2.24) is 4.98 Å². The number of aryl methyl sites for hydroxylation is 1. The normalized spacial score (nSPS) is 19.7. The summed E-state index contributed by atoms with van der Waals surface area (Å²) in [5, 5.41) is 0. The van der Waals surface area contributed by atoms with Crippen LogP contribution in [0.1, 0.15) is 28.2 Å². The van der Waals surface area contributed by atoms with Crippen molar-refractivity contribution in [3.05, 3.63) is 23.0 Å². The maximum Gasteiger partial charge on any atom is 0.354 e. The molecule has 1 heterocycles. The van der Waals surface area contributed by atoms with Gasteiger partial charge in [0.2, 0.25) is 0 Å². The van der Waals surface area contributed by atoms with Gasteiger partial charge in [0, 0.05) is 19.2 Å². The number of carbonyl (C=O) groups is 1. The molecule has 0 radical (unpaired) electrons. The van der Waals surface area contributed by atoms with Crippen LogP contribution >= 0.6 is 0 Å². The van der Waals surface area contributed by atoms with Crippen molar-refractivity contribution in [3.63, 3.8) is 0 Å². The fourth-order valence-corrected chi connectivity index (χ4v) is 2.01. The lowest BCUT2D eigenvalue weighted by molar-refractivity contribution is 0.0594. The molecule has 0 saturated carbocycles. The minimum Gasteiger partial charge on any atom is -0.464 e. The molecule has 4 nitrogen and oxygen atoms in total. The highest BCUT2D eigenvalue weighted by atomic mass is 16.5. The molecule has 1 atom stereocenters. The van der Waals surface area contributed by atoms with E-state index in [0.717, 1.165) is 25.0 Å². The zero-order chi connectivity index (χ0) is 10.8. The number of esters is 1. The molecule has 1 unspecified atom stereocenters. The Labute approximate surface area is 88.6 Å². The molecule has 4 heteroatoms. The highest BCUT2D eigenvalue weighted by molar-refractivity contribution is 5.87. The average molecular weight is 209 g/mol. The largest absolute Gasteiger partial charge is 0.464 e. The monoisotopic (exact) mass is 209 g/mol. The van der Waals surface area contributed by atoms with Crippen LogP contribution in [0.4, 0.5) is 0 Å². The summed E-state index contributed by atoms with van der Waals surface area (Å²) in [5.41, 5.74) is 2.86. The van der Waals surface area contributed by atoms with Crippen LogP contribution < -0.4 is 0 Å². The third-order valence-electron chi connectivity index (χ3n) is 2.90. The summed E-state index contributed by atoms with van der Waals surface area (Å²) < 4.78 is 9.97. The molecule has 0 fully saturated rings. The number of aromatic amines is 1. The molecule has 82 valence electrons. The van der Waals surface area contributed by atoms with E-state index >= 15 is 0 Å². The van der Waals surface area contributed by atoms with Crippen molar-refractivity contribution in [3.8, 4) is 0 Å². The molecule has 1 aromatic rings. The summed E-state index contributed by atoms with van der Waals surface area (Å²) >= 11 is 0. The average Bonchev–Trinajstić information content (AvgIpc) is 2.70. The summed E-state index contributed by atoms with van der Waals surface area (Å²) in [6.07, 6.45) is 3.09. The quantitative estimate of drug-likeness (QED) is 0.747. The lowest BCUT2D eigenvalue weighted by Gasteiger charge is -2.20. The van der Waals surface area contributed by atoms with Gasteiger partial charge in [-0.3, -0.25) is 0 Å². The van der Waals surface area contributed by atoms with Gasteiger partial charge < -0.3 is 14.5 Å². The van der Waals surface area contributed by atoms with Gasteiger partial charge in [0.1, 0.15) is 5.69 Å². The van der Waals surface area contributed by atoms with Crippen LogP contribution in [0, 0.1) is 0 Å². The number of H-pyrrole nitrogens is 1. The number of nitrogens with one attached hydrogen (secondary N) is 1. The van der Waals surface area contributed by atoms with Gasteiger partial charge in [-0.15, -0.1) is 0 Å². The van der Waals surface area contributed by atoms with Crippen molar-refractivity contribution < 1.29 is 14.3 Å². The third-order valence-corrected chi connectivity index (χ3v) is 2.90. The molecular weight excluding hydrogens is 194 g/mol. The van der Waals surface area contributed by atoms with E-state index in [1.807, 2.05) is 6.07 Å². The fourth-order valence-electron chi connectivity index (χ4n) is 2.01. The molecular formula is C11H15NO3. The molecule has 1 N–H and O–H groups in total. The van der Waals surface area contributed by atoms with E-state index in [-0.39, 0.29) is 12.1 Å². The number of fused-ring (bicyclic) bond motifs is 1. The Bertz CT molecular complexity index is 370. The van der Waals surface area contributed by atoms with E-state index in [9.17, 15) is 4.79 Å². The molecule has 1 aromatic heterocycles. The Hall–Kier alpha value is -1.29. The summed E-state index contributed by atoms with van der Waals surface area (Å²) in [4.78, 5) is 14.4. The van der Waals surface area contributed by atoms with E-state index in [0.29, 0.717) is 5.69 Å². The lowest BCUT2D eigenvalue weighted by Crippen LogP contribution is -2.20. The molecule has 0 aromatic carbocycles. The van der Waals surface area contributed by atoms with Gasteiger partial charge in [-0.25, -0.2) is 4.79 Å². The second-order valence-electron chi connectivity index (χ2n) is 3.78. The minimum absolute atomic E-state index is 0.265. The number of ether oxygens (including phenoxy) is 2. The first-order valence-electron chi connectivity index (χ1n) is 5.06. The van der Waals surface area contributed by atoms with E-state index < -0.39 is 0 Å². The predicted octanol–water partition coefficient (Wildman–Crippen LogP) is 1.30. The number of carbonyl (C=O) groups excluding carboxylic acids is 1. The van der Waals surface area contributed by atoms with E-state index in [2.05, 4.69) is 9.72 Å².